The third-order valence-electron chi connectivity index (χ3n) is 8.41. The minimum Gasteiger partial charge on any atom is -0.481 e. The lowest BCUT2D eigenvalue weighted by Gasteiger charge is -2.36. The van der Waals surface area contributed by atoms with E-state index in [1.807, 2.05) is 104 Å². The van der Waals surface area contributed by atoms with E-state index >= 15 is 0 Å². The Hall–Kier alpha value is -4.84. The molecule has 4 aromatic carbocycles. The summed E-state index contributed by atoms with van der Waals surface area (Å²) in [5.41, 5.74) is 7.72. The van der Waals surface area contributed by atoms with Crippen LogP contribution in [0, 0.1) is 13.8 Å². The van der Waals surface area contributed by atoms with Crippen molar-refractivity contribution in [3.63, 3.8) is 0 Å². The molecule has 1 N–H and O–H groups in total. The van der Waals surface area contributed by atoms with E-state index < -0.39 is 23.4 Å². The quantitative estimate of drug-likeness (QED) is 0.200. The maximum atomic E-state index is 12.9. The molecule has 6 nitrogen and oxygen atoms in total. The topological polar surface area (TPSA) is 89.4 Å². The molecule has 1 aliphatic rings. The highest BCUT2D eigenvalue weighted by atomic mass is 16.5. The Morgan fingerprint density at radius 1 is 0.829 bits per heavy atom. The minimum atomic E-state index is -0.922. The van der Waals surface area contributed by atoms with Crippen molar-refractivity contribution in [2.75, 3.05) is 0 Å². The largest absolute Gasteiger partial charge is 0.481 e. The van der Waals surface area contributed by atoms with Crippen molar-refractivity contribution in [2.45, 2.75) is 44.1 Å². The highest BCUT2D eigenvalue weighted by Crippen LogP contribution is 2.56. The summed E-state index contributed by atoms with van der Waals surface area (Å²) >= 11 is 0. The number of rotatable bonds is 9. The Morgan fingerprint density at radius 3 is 2.05 bits per heavy atom. The van der Waals surface area contributed by atoms with E-state index in [-0.39, 0.29) is 6.42 Å². The third kappa shape index (κ3) is 4.65. The van der Waals surface area contributed by atoms with E-state index in [0.29, 0.717) is 24.2 Å². The molecule has 1 aromatic heterocycles. The molecule has 0 spiro atoms. The van der Waals surface area contributed by atoms with Gasteiger partial charge >= 0.3 is 5.97 Å². The third-order valence-corrected chi connectivity index (χ3v) is 8.41. The fourth-order valence-electron chi connectivity index (χ4n) is 6.24. The molecule has 5 aromatic rings. The predicted molar refractivity (Wildman–Crippen MR) is 158 cm³/mol. The summed E-state index contributed by atoms with van der Waals surface area (Å²) in [4.78, 5) is 35.1. The molecular weight excluding hydrogens is 512 g/mol. The van der Waals surface area contributed by atoms with Gasteiger partial charge in [-0.3, -0.25) is 9.59 Å². The van der Waals surface area contributed by atoms with Crippen LogP contribution in [0.1, 0.15) is 58.4 Å². The summed E-state index contributed by atoms with van der Waals surface area (Å²) < 4.78 is 5.74. The van der Waals surface area contributed by atoms with Gasteiger partial charge in [0.2, 0.25) is 0 Å². The molecule has 0 fully saturated rings. The van der Waals surface area contributed by atoms with Gasteiger partial charge < -0.3 is 9.84 Å². The second-order valence-corrected chi connectivity index (χ2v) is 10.8. The molecule has 0 amide bonds. The molecule has 0 radical (unpaired) electrons. The first-order valence-corrected chi connectivity index (χ1v) is 13.7. The molecular formula is C35H30N2O4. The van der Waals surface area contributed by atoms with Crippen LogP contribution < -0.4 is 0 Å². The van der Waals surface area contributed by atoms with Gasteiger partial charge in [-0.25, -0.2) is 9.97 Å². The van der Waals surface area contributed by atoms with Crippen LogP contribution in [0.5, 0.6) is 0 Å². The minimum absolute atomic E-state index is 0.215. The summed E-state index contributed by atoms with van der Waals surface area (Å²) in [6.07, 6.45) is -0.107. The summed E-state index contributed by atoms with van der Waals surface area (Å²) in [6, 6.07) is 30.9. The van der Waals surface area contributed by atoms with Gasteiger partial charge in [0.1, 0.15) is 6.10 Å². The average Bonchev–Trinajstić information content (AvgIpc) is 3.24. The number of aryl methyl sites for hydroxylation is 2. The number of carbonyl (C=O) groups excluding carboxylic acids is 1. The van der Waals surface area contributed by atoms with Crippen molar-refractivity contribution in [1.82, 2.24) is 9.97 Å². The number of benzene rings is 4. The van der Waals surface area contributed by atoms with Crippen LogP contribution in [0.3, 0.4) is 0 Å². The van der Waals surface area contributed by atoms with Crippen LogP contribution in [0.4, 0.5) is 0 Å². The van der Waals surface area contributed by atoms with Gasteiger partial charge in [0, 0.05) is 17.4 Å². The zero-order valence-electron chi connectivity index (χ0n) is 23.0. The Labute approximate surface area is 238 Å². The molecule has 6 rings (SSSR count). The van der Waals surface area contributed by atoms with Crippen LogP contribution in [0.2, 0.25) is 0 Å². The molecule has 204 valence electrons. The number of carboxylic acids is 1. The van der Waals surface area contributed by atoms with Gasteiger partial charge in [-0.15, -0.1) is 0 Å². The maximum Gasteiger partial charge on any atom is 0.311 e. The van der Waals surface area contributed by atoms with Crippen molar-refractivity contribution < 1.29 is 19.4 Å². The van der Waals surface area contributed by atoms with Gasteiger partial charge in [-0.05, 0) is 60.2 Å². The highest BCUT2D eigenvalue weighted by molar-refractivity contribution is 5.86. The zero-order valence-corrected chi connectivity index (χ0v) is 23.0. The van der Waals surface area contributed by atoms with E-state index in [1.54, 1.807) is 0 Å². The molecule has 41 heavy (non-hydrogen) atoms. The first-order chi connectivity index (χ1) is 19.9. The van der Waals surface area contributed by atoms with Crippen molar-refractivity contribution in [1.29, 1.82) is 0 Å². The Balaban J connectivity index is 1.63. The summed E-state index contributed by atoms with van der Waals surface area (Å²) in [7, 11) is 0. The summed E-state index contributed by atoms with van der Waals surface area (Å²) in [6.45, 7) is 4.57. The lowest BCUT2D eigenvalue weighted by Crippen LogP contribution is -2.34. The normalized spacial score (nSPS) is 16.9. The number of aromatic nitrogens is 2. The molecule has 0 aliphatic heterocycles. The highest BCUT2D eigenvalue weighted by Gasteiger charge is 2.50. The van der Waals surface area contributed by atoms with E-state index in [4.69, 9.17) is 14.7 Å². The van der Waals surface area contributed by atoms with Gasteiger partial charge in [0.05, 0.1) is 28.3 Å². The van der Waals surface area contributed by atoms with E-state index in [2.05, 4.69) is 6.92 Å². The molecule has 3 atom stereocenters. The second-order valence-electron chi connectivity index (χ2n) is 10.8. The molecule has 0 saturated carbocycles. The van der Waals surface area contributed by atoms with Crippen molar-refractivity contribution in [3.05, 3.63) is 131 Å². The molecule has 6 heteroatoms. The average molecular weight is 543 g/mol. The van der Waals surface area contributed by atoms with Crippen LogP contribution >= 0.6 is 0 Å². The smallest absolute Gasteiger partial charge is 0.311 e. The number of carbonyl (C=O) groups is 2. The number of hydrogen-bond donors (Lipinski definition) is 1. The SMILES string of the molecule is Cc1cc2nc3c(nc2cc1C)C(CC(OC=O)c1ccccc1)(CC(C(=O)O)c1ccccc1)c1ccccc1-3. The van der Waals surface area contributed by atoms with Gasteiger partial charge in [0.15, 0.2) is 0 Å². The second kappa shape index (κ2) is 10.6. The number of fused-ring (bicyclic) bond motifs is 4. The number of nitrogens with zero attached hydrogens (tertiary/aromatic N) is 2. The molecule has 0 bridgehead atoms. The van der Waals surface area contributed by atoms with E-state index in [9.17, 15) is 14.7 Å². The number of ether oxygens (including phenoxy) is 1. The van der Waals surface area contributed by atoms with Crippen molar-refractivity contribution >= 4 is 23.5 Å². The Kier molecular flexibility index (Phi) is 6.83. The lowest BCUT2D eigenvalue weighted by molar-refractivity contribution is -0.140. The van der Waals surface area contributed by atoms with Crippen LogP contribution in [0.25, 0.3) is 22.3 Å². The molecule has 0 saturated heterocycles. The van der Waals surface area contributed by atoms with Crippen LogP contribution in [-0.4, -0.2) is 27.5 Å². The molecule has 1 aliphatic carbocycles. The van der Waals surface area contributed by atoms with Gasteiger partial charge in [-0.1, -0.05) is 84.9 Å². The summed E-state index contributed by atoms with van der Waals surface area (Å²) in [5.74, 6) is -1.76. The zero-order chi connectivity index (χ0) is 28.6. The van der Waals surface area contributed by atoms with E-state index in [0.717, 1.165) is 44.5 Å². The number of carboxylic acid groups (broad SMARTS) is 1. The van der Waals surface area contributed by atoms with Crippen molar-refractivity contribution in [3.8, 4) is 11.3 Å². The number of aliphatic carboxylic acids is 1. The monoisotopic (exact) mass is 542 g/mol. The standard InChI is InChI=1S/C35H30N2O4/c1-22-17-29-30(18-23(22)2)37-33-32(36-29)26-15-9-10-16-28(26)35(33,19-27(34(39)40)24-11-5-3-6-12-24)20-31(41-21-38)25-13-7-4-8-14-25/h3-18,21,27,31H,19-20H2,1-2H3,(H,39,40). The van der Waals surface area contributed by atoms with Gasteiger partial charge in [0.25, 0.3) is 6.47 Å². The number of hydrogen-bond acceptors (Lipinski definition) is 5. The predicted octanol–water partition coefficient (Wildman–Crippen LogP) is 7.08. The maximum absolute atomic E-state index is 12.9. The van der Waals surface area contributed by atoms with Crippen molar-refractivity contribution in [2.24, 2.45) is 0 Å². The Bertz CT molecular complexity index is 1750. The van der Waals surface area contributed by atoms with E-state index in [1.165, 1.54) is 0 Å². The van der Waals surface area contributed by atoms with Crippen LogP contribution in [0.15, 0.2) is 97.1 Å². The fourth-order valence-corrected chi connectivity index (χ4v) is 6.24. The Morgan fingerprint density at radius 2 is 1.41 bits per heavy atom. The molecule has 1 heterocycles. The molecule has 3 unspecified atom stereocenters. The first-order valence-electron chi connectivity index (χ1n) is 13.7. The lowest BCUT2D eigenvalue weighted by atomic mass is 9.68. The summed E-state index contributed by atoms with van der Waals surface area (Å²) in [5, 5.41) is 10.6. The van der Waals surface area contributed by atoms with Gasteiger partial charge in [-0.2, -0.15) is 0 Å². The fraction of sp³-hybridized carbons (Fsp3) is 0.200. The first kappa shape index (κ1) is 26.4. The van der Waals surface area contributed by atoms with Crippen LogP contribution in [-0.2, 0) is 19.7 Å².